The van der Waals surface area contributed by atoms with E-state index in [4.69, 9.17) is 27.9 Å². The van der Waals surface area contributed by atoms with Gasteiger partial charge in [0, 0.05) is 5.38 Å². The van der Waals surface area contributed by atoms with Gasteiger partial charge in [-0.25, -0.2) is 9.78 Å². The zero-order chi connectivity index (χ0) is 24.4. The molecule has 11 heteroatoms. The highest BCUT2D eigenvalue weighted by Gasteiger charge is 2.44. The number of ether oxygens (including phenoxy) is 1. The summed E-state index contributed by atoms with van der Waals surface area (Å²) in [5.41, 5.74) is 0.329. The van der Waals surface area contributed by atoms with Crippen LogP contribution < -0.4 is 5.32 Å². The minimum Gasteiger partial charge on any atom is -0.461 e. The van der Waals surface area contributed by atoms with Crippen molar-refractivity contribution in [3.05, 3.63) is 44.4 Å². The Labute approximate surface area is 210 Å². The van der Waals surface area contributed by atoms with Crippen LogP contribution in [0, 0.1) is 5.92 Å². The molecule has 180 valence electrons. The van der Waals surface area contributed by atoms with Crippen molar-refractivity contribution in [3.8, 4) is 0 Å². The van der Waals surface area contributed by atoms with Crippen LogP contribution in [-0.4, -0.2) is 46.2 Å². The van der Waals surface area contributed by atoms with Crippen LogP contribution in [0.25, 0.3) is 0 Å². The summed E-state index contributed by atoms with van der Waals surface area (Å²) < 4.78 is 4.93. The summed E-state index contributed by atoms with van der Waals surface area (Å²) in [6, 6.07) is 1.69. The number of halogens is 2. The maximum absolute atomic E-state index is 13.4. The largest absolute Gasteiger partial charge is 0.461 e. The summed E-state index contributed by atoms with van der Waals surface area (Å²) in [7, 11) is 0. The van der Waals surface area contributed by atoms with Crippen molar-refractivity contribution in [1.82, 2.24) is 9.88 Å². The Morgan fingerprint density at radius 3 is 2.35 bits per heavy atom. The maximum Gasteiger partial charge on any atom is 0.357 e. The third-order valence-corrected chi connectivity index (χ3v) is 7.55. The number of thiazole rings is 1. The van der Waals surface area contributed by atoms with Crippen molar-refractivity contribution >= 4 is 63.4 Å². The second kappa shape index (κ2) is 10.4. The molecule has 4 rings (SSSR count). The molecule has 3 amide bonds. The molecule has 1 aliphatic carbocycles. The summed E-state index contributed by atoms with van der Waals surface area (Å²) in [6.45, 7) is 1.89. The fraction of sp³-hybridized carbons (Fsp3) is 0.435. The molecular formula is C23H23Cl2N3O5S. The fourth-order valence-corrected chi connectivity index (χ4v) is 5.43. The molecule has 1 aromatic heterocycles. The van der Waals surface area contributed by atoms with Crippen molar-refractivity contribution < 1.29 is 23.9 Å². The van der Waals surface area contributed by atoms with Gasteiger partial charge in [-0.3, -0.25) is 19.3 Å². The summed E-state index contributed by atoms with van der Waals surface area (Å²) in [6.07, 6.45) is 5.41. The molecule has 2 aromatic rings. The number of carbonyl (C=O) groups is 4. The minimum absolute atomic E-state index is 0.0796. The molecule has 1 aromatic carbocycles. The van der Waals surface area contributed by atoms with Gasteiger partial charge in [-0.15, -0.1) is 11.3 Å². The molecule has 2 aliphatic rings. The van der Waals surface area contributed by atoms with E-state index in [0.717, 1.165) is 48.3 Å². The number of fused-ring (bicyclic) bond motifs is 1. The Kier molecular flexibility index (Phi) is 7.54. The van der Waals surface area contributed by atoms with Crippen LogP contribution in [0.5, 0.6) is 0 Å². The van der Waals surface area contributed by atoms with Crippen molar-refractivity contribution in [1.29, 1.82) is 0 Å². The number of imide groups is 1. The van der Waals surface area contributed by atoms with Crippen molar-refractivity contribution in [3.63, 3.8) is 0 Å². The topological polar surface area (TPSA) is 106 Å². The number of anilines is 1. The number of esters is 1. The summed E-state index contributed by atoms with van der Waals surface area (Å²) in [4.78, 5) is 56.9. The van der Waals surface area contributed by atoms with Gasteiger partial charge in [-0.1, -0.05) is 55.3 Å². The van der Waals surface area contributed by atoms with Crippen molar-refractivity contribution in [2.45, 2.75) is 51.5 Å². The van der Waals surface area contributed by atoms with Crippen LogP contribution >= 0.6 is 34.5 Å². The van der Waals surface area contributed by atoms with E-state index in [-0.39, 0.29) is 44.5 Å². The molecule has 1 N–H and O–H groups in total. The normalized spacial score (nSPS) is 17.0. The first-order valence-corrected chi connectivity index (χ1v) is 12.7. The molecule has 1 saturated carbocycles. The standard InChI is InChI=1S/C23H23Cl2N3O5S/c1-2-33-22(32)17-11-34-23(26-17)27-19(29)18(8-12-6-4-3-5-7-12)28-20(30)13-9-15(24)16(25)10-14(13)21(28)31/h9-12,18H,2-8H2,1H3,(H,26,27,29)/t18-/m0/s1. The average Bonchev–Trinajstić information content (AvgIpc) is 3.37. The quantitative estimate of drug-likeness (QED) is 0.394. The summed E-state index contributed by atoms with van der Waals surface area (Å²) >= 11 is 13.2. The molecule has 0 unspecified atom stereocenters. The molecule has 0 spiro atoms. The van der Waals surface area contributed by atoms with Crippen LogP contribution in [0.3, 0.4) is 0 Å². The van der Waals surface area contributed by atoms with Gasteiger partial charge in [-0.2, -0.15) is 0 Å². The molecule has 0 radical (unpaired) electrons. The summed E-state index contributed by atoms with van der Waals surface area (Å²) in [5, 5.41) is 4.66. The highest BCUT2D eigenvalue weighted by molar-refractivity contribution is 7.14. The predicted octanol–water partition coefficient (Wildman–Crippen LogP) is 5.20. The Hall–Kier alpha value is -2.49. The zero-order valence-corrected chi connectivity index (χ0v) is 20.8. The van der Waals surface area contributed by atoms with Gasteiger partial charge in [0.25, 0.3) is 11.8 Å². The number of aromatic nitrogens is 1. The minimum atomic E-state index is -1.04. The second-order valence-corrected chi connectivity index (χ2v) is 9.97. The van der Waals surface area contributed by atoms with E-state index in [1.807, 2.05) is 0 Å². The second-order valence-electron chi connectivity index (χ2n) is 8.30. The lowest BCUT2D eigenvalue weighted by Crippen LogP contribution is -2.48. The maximum atomic E-state index is 13.4. The molecule has 0 bridgehead atoms. The molecule has 1 atom stereocenters. The third-order valence-electron chi connectivity index (χ3n) is 6.07. The van der Waals surface area contributed by atoms with Gasteiger partial charge in [0.1, 0.15) is 6.04 Å². The third kappa shape index (κ3) is 4.96. The number of rotatable bonds is 7. The van der Waals surface area contributed by atoms with Crippen LogP contribution in [-0.2, 0) is 9.53 Å². The van der Waals surface area contributed by atoms with Crippen LogP contribution in [0.2, 0.25) is 10.0 Å². The van der Waals surface area contributed by atoms with Crippen LogP contribution in [0.15, 0.2) is 17.5 Å². The lowest BCUT2D eigenvalue weighted by molar-refractivity contribution is -0.120. The van der Waals surface area contributed by atoms with Gasteiger partial charge in [0.05, 0.1) is 27.8 Å². The van der Waals surface area contributed by atoms with Crippen molar-refractivity contribution in [2.24, 2.45) is 5.92 Å². The van der Waals surface area contributed by atoms with Gasteiger partial charge in [0.15, 0.2) is 10.8 Å². The first kappa shape index (κ1) is 24.6. The number of benzene rings is 1. The van der Waals surface area contributed by atoms with Crippen LogP contribution in [0.1, 0.15) is 76.7 Å². The Morgan fingerprint density at radius 1 is 1.15 bits per heavy atom. The molecule has 1 aliphatic heterocycles. The van der Waals surface area contributed by atoms with E-state index >= 15 is 0 Å². The van der Waals surface area contributed by atoms with Gasteiger partial charge in [-0.05, 0) is 31.4 Å². The Balaban J connectivity index is 1.60. The molecule has 8 nitrogen and oxygen atoms in total. The van der Waals surface area contributed by atoms with Gasteiger partial charge in [0.2, 0.25) is 5.91 Å². The SMILES string of the molecule is CCOC(=O)c1csc(NC(=O)[C@H](CC2CCCCC2)N2C(=O)c3cc(Cl)c(Cl)cc3C2=O)n1. The fourth-order valence-electron chi connectivity index (χ4n) is 4.42. The van der Waals surface area contributed by atoms with Crippen molar-refractivity contribution in [2.75, 3.05) is 11.9 Å². The number of hydrogen-bond donors (Lipinski definition) is 1. The van der Waals surface area contributed by atoms with E-state index in [1.165, 1.54) is 17.5 Å². The monoisotopic (exact) mass is 523 g/mol. The molecule has 1 fully saturated rings. The van der Waals surface area contributed by atoms with E-state index < -0.39 is 29.7 Å². The van der Waals surface area contributed by atoms with E-state index in [0.29, 0.717) is 6.42 Å². The highest BCUT2D eigenvalue weighted by Crippen LogP contribution is 2.35. The van der Waals surface area contributed by atoms with E-state index in [2.05, 4.69) is 10.3 Å². The number of nitrogens with one attached hydrogen (secondary N) is 1. The number of amides is 3. The number of nitrogens with zero attached hydrogens (tertiary/aromatic N) is 2. The summed E-state index contributed by atoms with van der Waals surface area (Å²) in [5.74, 6) is -2.09. The number of carbonyl (C=O) groups excluding carboxylic acids is 4. The lowest BCUT2D eigenvalue weighted by atomic mass is 9.84. The van der Waals surface area contributed by atoms with Gasteiger partial charge < -0.3 is 10.1 Å². The Bertz CT molecular complexity index is 1100. The van der Waals surface area contributed by atoms with Gasteiger partial charge >= 0.3 is 5.97 Å². The highest BCUT2D eigenvalue weighted by atomic mass is 35.5. The molecular weight excluding hydrogens is 501 g/mol. The molecule has 0 saturated heterocycles. The Morgan fingerprint density at radius 2 is 1.76 bits per heavy atom. The first-order chi connectivity index (χ1) is 16.3. The average molecular weight is 524 g/mol. The van der Waals surface area contributed by atoms with Crippen LogP contribution in [0.4, 0.5) is 5.13 Å². The van der Waals surface area contributed by atoms with E-state index in [1.54, 1.807) is 6.92 Å². The molecule has 34 heavy (non-hydrogen) atoms. The molecule has 2 heterocycles. The van der Waals surface area contributed by atoms with E-state index in [9.17, 15) is 19.2 Å². The predicted molar refractivity (Wildman–Crippen MR) is 129 cm³/mol. The number of hydrogen-bond acceptors (Lipinski definition) is 7. The lowest BCUT2D eigenvalue weighted by Gasteiger charge is -2.30. The smallest absolute Gasteiger partial charge is 0.357 e. The zero-order valence-electron chi connectivity index (χ0n) is 18.4. The first-order valence-electron chi connectivity index (χ1n) is 11.1.